The van der Waals surface area contributed by atoms with Crippen molar-refractivity contribution in [3.05, 3.63) is 23.8 Å². The second-order valence-corrected chi connectivity index (χ2v) is 4.19. The van der Waals surface area contributed by atoms with Gasteiger partial charge in [-0.05, 0) is 25.0 Å². The zero-order valence-electron chi connectivity index (χ0n) is 10.2. The quantitative estimate of drug-likeness (QED) is 0.888. The molecular weight excluding hydrogens is 234 g/mol. The number of carboxylic acids is 1. The molecule has 1 heterocycles. The molecular formula is C13H15NO4. The lowest BCUT2D eigenvalue weighted by Gasteiger charge is -2.27. The monoisotopic (exact) mass is 249 g/mol. The van der Waals surface area contributed by atoms with Gasteiger partial charge < -0.3 is 14.7 Å². The molecule has 96 valence electrons. The summed E-state index contributed by atoms with van der Waals surface area (Å²) in [6.45, 7) is 0.675. The van der Waals surface area contributed by atoms with Crippen LogP contribution in [0.25, 0.3) is 0 Å². The van der Waals surface area contributed by atoms with E-state index >= 15 is 0 Å². The average Bonchev–Trinajstić information content (AvgIpc) is 2.38. The molecule has 1 fully saturated rings. The van der Waals surface area contributed by atoms with Gasteiger partial charge in [-0.3, -0.25) is 4.79 Å². The normalized spacial score (nSPS) is 15.6. The smallest absolute Gasteiger partial charge is 0.339 e. The van der Waals surface area contributed by atoms with Crippen molar-refractivity contribution in [2.45, 2.75) is 19.3 Å². The van der Waals surface area contributed by atoms with Crippen molar-refractivity contribution in [1.29, 1.82) is 0 Å². The van der Waals surface area contributed by atoms with E-state index in [0.29, 0.717) is 18.7 Å². The lowest BCUT2D eigenvalue weighted by atomic mass is 10.1. The average molecular weight is 249 g/mol. The van der Waals surface area contributed by atoms with Gasteiger partial charge in [-0.25, -0.2) is 4.79 Å². The highest BCUT2D eigenvalue weighted by atomic mass is 16.5. The zero-order chi connectivity index (χ0) is 13.1. The van der Waals surface area contributed by atoms with E-state index in [1.807, 2.05) is 0 Å². The maximum absolute atomic E-state index is 11.8. The van der Waals surface area contributed by atoms with Crippen molar-refractivity contribution < 1.29 is 19.4 Å². The summed E-state index contributed by atoms with van der Waals surface area (Å²) in [5.74, 6) is -0.687. The third-order valence-electron chi connectivity index (χ3n) is 3.05. The second kappa shape index (κ2) is 5.08. The predicted octanol–water partition coefficient (Wildman–Crippen LogP) is 1.91. The van der Waals surface area contributed by atoms with Gasteiger partial charge in [-0.1, -0.05) is 0 Å². The zero-order valence-corrected chi connectivity index (χ0v) is 10.2. The lowest BCUT2D eigenvalue weighted by Crippen LogP contribution is -2.35. The standard InChI is InChI=1S/C13H15NO4/c1-18-11-8-9(5-6-10(11)13(16)17)14-7-3-2-4-12(14)15/h5-6,8H,2-4,7H2,1H3,(H,16,17). The second-order valence-electron chi connectivity index (χ2n) is 4.19. The van der Waals surface area contributed by atoms with Crippen LogP contribution in [0.5, 0.6) is 5.75 Å². The van der Waals surface area contributed by atoms with Crippen molar-refractivity contribution in [2.75, 3.05) is 18.6 Å². The van der Waals surface area contributed by atoms with Gasteiger partial charge in [0.15, 0.2) is 0 Å². The van der Waals surface area contributed by atoms with Gasteiger partial charge in [0.2, 0.25) is 5.91 Å². The molecule has 18 heavy (non-hydrogen) atoms. The number of aromatic carboxylic acids is 1. The molecule has 0 bridgehead atoms. The first-order valence-electron chi connectivity index (χ1n) is 5.85. The number of piperidine rings is 1. The Kier molecular flexibility index (Phi) is 3.50. The fraction of sp³-hybridized carbons (Fsp3) is 0.385. The molecule has 0 spiro atoms. The molecule has 5 nitrogen and oxygen atoms in total. The summed E-state index contributed by atoms with van der Waals surface area (Å²) < 4.78 is 5.05. The van der Waals surface area contributed by atoms with E-state index in [4.69, 9.17) is 9.84 Å². The molecule has 0 radical (unpaired) electrons. The number of amides is 1. The first-order valence-corrected chi connectivity index (χ1v) is 5.85. The van der Waals surface area contributed by atoms with Crippen molar-refractivity contribution in [3.63, 3.8) is 0 Å². The van der Waals surface area contributed by atoms with Crippen LogP contribution >= 0.6 is 0 Å². The summed E-state index contributed by atoms with van der Waals surface area (Å²) in [5.41, 5.74) is 0.798. The van der Waals surface area contributed by atoms with Gasteiger partial charge >= 0.3 is 5.97 Å². The van der Waals surface area contributed by atoms with Crippen LogP contribution in [0, 0.1) is 0 Å². The van der Waals surface area contributed by atoms with Gasteiger partial charge in [0.25, 0.3) is 0 Å². The van der Waals surface area contributed by atoms with Gasteiger partial charge in [-0.15, -0.1) is 0 Å². The fourth-order valence-corrected chi connectivity index (χ4v) is 2.10. The Morgan fingerprint density at radius 1 is 1.39 bits per heavy atom. The Morgan fingerprint density at radius 3 is 2.78 bits per heavy atom. The molecule has 1 amide bonds. The van der Waals surface area contributed by atoms with Crippen molar-refractivity contribution in [1.82, 2.24) is 0 Å². The van der Waals surface area contributed by atoms with Crippen LogP contribution in [-0.2, 0) is 4.79 Å². The van der Waals surface area contributed by atoms with Gasteiger partial charge in [-0.2, -0.15) is 0 Å². The summed E-state index contributed by atoms with van der Waals surface area (Å²) >= 11 is 0. The largest absolute Gasteiger partial charge is 0.496 e. The number of methoxy groups -OCH3 is 1. The number of carbonyl (C=O) groups excluding carboxylic acids is 1. The van der Waals surface area contributed by atoms with Gasteiger partial charge in [0.05, 0.1) is 7.11 Å². The number of nitrogens with zero attached hydrogens (tertiary/aromatic N) is 1. The summed E-state index contributed by atoms with van der Waals surface area (Å²) in [6.07, 6.45) is 2.43. The summed E-state index contributed by atoms with van der Waals surface area (Å²) in [5, 5.41) is 8.99. The van der Waals surface area contributed by atoms with Crippen LogP contribution in [0.2, 0.25) is 0 Å². The molecule has 0 unspecified atom stereocenters. The molecule has 1 aromatic carbocycles. The Labute approximate surface area is 105 Å². The third kappa shape index (κ3) is 2.30. The number of carbonyl (C=O) groups is 2. The molecule has 1 aromatic rings. The van der Waals surface area contributed by atoms with E-state index < -0.39 is 5.97 Å². The topological polar surface area (TPSA) is 66.8 Å². The summed E-state index contributed by atoms with van der Waals surface area (Å²) in [4.78, 5) is 24.4. The van der Waals surface area contributed by atoms with Crippen LogP contribution in [0.15, 0.2) is 18.2 Å². The first kappa shape index (κ1) is 12.4. The molecule has 1 N–H and O–H groups in total. The molecule has 1 saturated heterocycles. The highest BCUT2D eigenvalue weighted by Crippen LogP contribution is 2.28. The van der Waals surface area contributed by atoms with Crippen LogP contribution < -0.4 is 9.64 Å². The van der Waals surface area contributed by atoms with Crippen LogP contribution in [0.1, 0.15) is 29.6 Å². The first-order chi connectivity index (χ1) is 8.63. The number of benzene rings is 1. The number of ether oxygens (including phenoxy) is 1. The van der Waals surface area contributed by atoms with E-state index in [2.05, 4.69) is 0 Å². The highest BCUT2D eigenvalue weighted by molar-refractivity contribution is 5.96. The highest BCUT2D eigenvalue weighted by Gasteiger charge is 2.21. The SMILES string of the molecule is COc1cc(N2CCCCC2=O)ccc1C(=O)O. The van der Waals surface area contributed by atoms with Crippen LogP contribution in [0.4, 0.5) is 5.69 Å². The maximum Gasteiger partial charge on any atom is 0.339 e. The third-order valence-corrected chi connectivity index (χ3v) is 3.05. The Hall–Kier alpha value is -2.04. The van der Waals surface area contributed by atoms with Crippen molar-refractivity contribution >= 4 is 17.6 Å². The van der Waals surface area contributed by atoms with E-state index in [9.17, 15) is 9.59 Å². The maximum atomic E-state index is 11.8. The minimum absolute atomic E-state index is 0.0754. The molecule has 0 atom stereocenters. The fourth-order valence-electron chi connectivity index (χ4n) is 2.10. The molecule has 0 aromatic heterocycles. The Morgan fingerprint density at radius 2 is 2.17 bits per heavy atom. The van der Waals surface area contributed by atoms with E-state index in [0.717, 1.165) is 12.8 Å². The minimum atomic E-state index is -1.04. The number of hydrogen-bond donors (Lipinski definition) is 1. The van der Waals surface area contributed by atoms with Crippen LogP contribution in [0.3, 0.4) is 0 Å². The Balaban J connectivity index is 2.34. The predicted molar refractivity (Wildman–Crippen MR) is 66.2 cm³/mol. The van der Waals surface area contributed by atoms with Gasteiger partial charge in [0.1, 0.15) is 11.3 Å². The van der Waals surface area contributed by atoms with E-state index in [1.54, 1.807) is 17.0 Å². The molecule has 2 rings (SSSR count). The number of carboxylic acid groups (broad SMARTS) is 1. The molecule has 0 aliphatic carbocycles. The van der Waals surface area contributed by atoms with Crippen LogP contribution in [-0.4, -0.2) is 30.6 Å². The number of anilines is 1. The lowest BCUT2D eigenvalue weighted by molar-refractivity contribution is -0.119. The molecule has 1 aliphatic rings. The van der Waals surface area contributed by atoms with E-state index in [-0.39, 0.29) is 17.2 Å². The molecule has 1 aliphatic heterocycles. The van der Waals surface area contributed by atoms with Crippen molar-refractivity contribution in [2.24, 2.45) is 0 Å². The number of hydrogen-bond acceptors (Lipinski definition) is 3. The molecule has 0 saturated carbocycles. The number of rotatable bonds is 3. The summed E-state index contributed by atoms with van der Waals surface area (Å²) in [6, 6.07) is 4.72. The Bertz CT molecular complexity index is 484. The van der Waals surface area contributed by atoms with Crippen molar-refractivity contribution in [3.8, 4) is 5.75 Å². The summed E-state index contributed by atoms with van der Waals surface area (Å²) in [7, 11) is 1.42. The van der Waals surface area contributed by atoms with E-state index in [1.165, 1.54) is 13.2 Å². The minimum Gasteiger partial charge on any atom is -0.496 e. The van der Waals surface area contributed by atoms with Gasteiger partial charge in [0, 0.05) is 24.7 Å². The molecule has 5 heteroatoms.